The van der Waals surface area contributed by atoms with Crippen LogP contribution < -0.4 is 5.32 Å². The summed E-state index contributed by atoms with van der Waals surface area (Å²) < 4.78 is 11.3. The number of nitro benzene ring substituents is 1. The van der Waals surface area contributed by atoms with Gasteiger partial charge in [0.05, 0.1) is 11.0 Å². The van der Waals surface area contributed by atoms with Crippen LogP contribution in [0.15, 0.2) is 24.3 Å². The molecule has 0 aromatic heterocycles. The number of non-ortho nitro benzene ring substituents is 1. The van der Waals surface area contributed by atoms with Crippen LogP contribution >= 0.6 is 0 Å². The third-order valence-electron chi connectivity index (χ3n) is 4.09. The van der Waals surface area contributed by atoms with Gasteiger partial charge in [0, 0.05) is 38.4 Å². The largest absolute Gasteiger partial charge is 0.444 e. The van der Waals surface area contributed by atoms with E-state index in [2.05, 4.69) is 5.32 Å². The Bertz CT molecular complexity index is 638. The second-order valence-electron chi connectivity index (χ2n) is 7.67. The summed E-state index contributed by atoms with van der Waals surface area (Å²) in [5, 5.41) is 14.2. The van der Waals surface area contributed by atoms with Crippen molar-refractivity contribution in [3.63, 3.8) is 0 Å². The number of rotatable bonds is 8. The second kappa shape index (κ2) is 9.66. The normalized spacial score (nSPS) is 16.9. The van der Waals surface area contributed by atoms with E-state index >= 15 is 0 Å². The Balaban J connectivity index is 1.96. The standard InChI is InChI=1S/C19H29N3O5/c1-19(2,3)27-18(23)21(10-5-11-26-17-8-9-20-13-17)14-15-6-4-7-16(12-15)22(24)25/h4,6-7,12,17,20H,5,8-11,13-14H2,1-3H3. The van der Waals surface area contributed by atoms with Crippen molar-refractivity contribution in [1.29, 1.82) is 0 Å². The van der Waals surface area contributed by atoms with Crippen LogP contribution in [-0.4, -0.2) is 53.9 Å². The molecule has 1 atom stereocenters. The molecule has 1 aromatic carbocycles. The number of benzene rings is 1. The molecule has 0 spiro atoms. The molecule has 1 heterocycles. The smallest absolute Gasteiger partial charge is 0.410 e. The lowest BCUT2D eigenvalue weighted by atomic mass is 10.2. The molecule has 8 nitrogen and oxygen atoms in total. The minimum atomic E-state index is -0.607. The third kappa shape index (κ3) is 7.52. The minimum absolute atomic E-state index is 0.00806. The number of amides is 1. The van der Waals surface area contributed by atoms with E-state index in [4.69, 9.17) is 9.47 Å². The summed E-state index contributed by atoms with van der Waals surface area (Å²) in [6, 6.07) is 6.31. The van der Waals surface area contributed by atoms with Crippen LogP contribution in [0, 0.1) is 10.1 Å². The molecule has 0 saturated carbocycles. The fraction of sp³-hybridized carbons (Fsp3) is 0.632. The Morgan fingerprint density at radius 2 is 2.19 bits per heavy atom. The maximum Gasteiger partial charge on any atom is 0.410 e. The van der Waals surface area contributed by atoms with Gasteiger partial charge in [0.1, 0.15) is 5.60 Å². The quantitative estimate of drug-likeness (QED) is 0.424. The van der Waals surface area contributed by atoms with Gasteiger partial charge in [0.2, 0.25) is 0 Å². The van der Waals surface area contributed by atoms with E-state index in [1.165, 1.54) is 12.1 Å². The summed E-state index contributed by atoms with van der Waals surface area (Å²) in [4.78, 5) is 24.7. The average molecular weight is 379 g/mol. The highest BCUT2D eigenvalue weighted by Crippen LogP contribution is 2.17. The van der Waals surface area contributed by atoms with Crippen molar-refractivity contribution >= 4 is 11.8 Å². The number of ether oxygens (including phenoxy) is 2. The molecule has 150 valence electrons. The van der Waals surface area contributed by atoms with Gasteiger partial charge < -0.3 is 19.7 Å². The lowest BCUT2D eigenvalue weighted by molar-refractivity contribution is -0.384. The number of hydrogen-bond acceptors (Lipinski definition) is 6. The Labute approximate surface area is 160 Å². The van der Waals surface area contributed by atoms with Crippen molar-refractivity contribution in [2.24, 2.45) is 0 Å². The van der Waals surface area contributed by atoms with Gasteiger partial charge >= 0.3 is 6.09 Å². The first kappa shape index (κ1) is 21.1. The number of nitrogens with zero attached hydrogens (tertiary/aromatic N) is 2. The fourth-order valence-corrected chi connectivity index (χ4v) is 2.83. The molecule has 8 heteroatoms. The summed E-state index contributed by atoms with van der Waals surface area (Å²) in [5.41, 5.74) is 0.0917. The van der Waals surface area contributed by atoms with Gasteiger partial charge in [0.15, 0.2) is 0 Å². The summed E-state index contributed by atoms with van der Waals surface area (Å²) in [5.74, 6) is 0. The highest BCUT2D eigenvalue weighted by molar-refractivity contribution is 5.68. The third-order valence-corrected chi connectivity index (χ3v) is 4.09. The summed E-state index contributed by atoms with van der Waals surface area (Å²) in [7, 11) is 0. The van der Waals surface area contributed by atoms with Crippen LogP contribution in [0.2, 0.25) is 0 Å². The van der Waals surface area contributed by atoms with E-state index in [0.29, 0.717) is 25.1 Å². The molecule has 1 aliphatic heterocycles. The lowest BCUT2D eigenvalue weighted by Crippen LogP contribution is -2.37. The van der Waals surface area contributed by atoms with E-state index < -0.39 is 16.6 Å². The molecular weight excluding hydrogens is 350 g/mol. The lowest BCUT2D eigenvalue weighted by Gasteiger charge is -2.27. The van der Waals surface area contributed by atoms with Crippen molar-refractivity contribution < 1.29 is 19.2 Å². The molecule has 0 radical (unpaired) electrons. The van der Waals surface area contributed by atoms with Gasteiger partial charge in [-0.15, -0.1) is 0 Å². The Morgan fingerprint density at radius 3 is 2.81 bits per heavy atom. The number of hydrogen-bond donors (Lipinski definition) is 1. The number of carbonyl (C=O) groups excluding carboxylic acids is 1. The number of nitrogens with one attached hydrogen (secondary N) is 1. The number of nitro groups is 1. The predicted octanol–water partition coefficient (Wildman–Crippen LogP) is 3.10. The van der Waals surface area contributed by atoms with Crippen LogP contribution in [0.25, 0.3) is 0 Å². The van der Waals surface area contributed by atoms with Gasteiger partial charge in [-0.1, -0.05) is 12.1 Å². The molecular formula is C19H29N3O5. The van der Waals surface area contributed by atoms with E-state index in [0.717, 1.165) is 19.5 Å². The first-order chi connectivity index (χ1) is 12.7. The molecule has 2 rings (SSSR count). The highest BCUT2D eigenvalue weighted by Gasteiger charge is 2.23. The van der Waals surface area contributed by atoms with Crippen molar-refractivity contribution in [1.82, 2.24) is 10.2 Å². The topological polar surface area (TPSA) is 93.9 Å². The van der Waals surface area contributed by atoms with E-state index in [-0.39, 0.29) is 18.3 Å². The molecule has 1 aliphatic rings. The van der Waals surface area contributed by atoms with Crippen LogP contribution in [-0.2, 0) is 16.0 Å². The zero-order valence-corrected chi connectivity index (χ0v) is 16.3. The maximum atomic E-state index is 12.6. The summed E-state index contributed by atoms with van der Waals surface area (Å²) >= 11 is 0. The van der Waals surface area contributed by atoms with Gasteiger partial charge in [-0.05, 0) is 45.7 Å². The summed E-state index contributed by atoms with van der Waals surface area (Å²) in [6.45, 7) is 8.54. The molecule has 1 aromatic rings. The molecule has 1 fully saturated rings. The monoisotopic (exact) mass is 379 g/mol. The van der Waals surface area contributed by atoms with Crippen molar-refractivity contribution in [3.05, 3.63) is 39.9 Å². The van der Waals surface area contributed by atoms with Gasteiger partial charge in [0.25, 0.3) is 5.69 Å². The Kier molecular flexibility index (Phi) is 7.55. The van der Waals surface area contributed by atoms with Crippen LogP contribution in [0.3, 0.4) is 0 Å². The molecule has 1 saturated heterocycles. The van der Waals surface area contributed by atoms with Crippen molar-refractivity contribution in [3.8, 4) is 0 Å². The first-order valence-electron chi connectivity index (χ1n) is 9.28. The molecule has 1 amide bonds. The second-order valence-corrected chi connectivity index (χ2v) is 7.67. The van der Waals surface area contributed by atoms with Crippen LogP contribution in [0.4, 0.5) is 10.5 Å². The van der Waals surface area contributed by atoms with E-state index in [1.54, 1.807) is 17.0 Å². The maximum absolute atomic E-state index is 12.6. The van der Waals surface area contributed by atoms with Gasteiger partial charge in [-0.3, -0.25) is 10.1 Å². The van der Waals surface area contributed by atoms with E-state index in [1.807, 2.05) is 20.8 Å². The Morgan fingerprint density at radius 1 is 1.41 bits per heavy atom. The van der Waals surface area contributed by atoms with E-state index in [9.17, 15) is 14.9 Å². The van der Waals surface area contributed by atoms with Crippen LogP contribution in [0.1, 0.15) is 39.2 Å². The molecule has 27 heavy (non-hydrogen) atoms. The van der Waals surface area contributed by atoms with Gasteiger partial charge in [-0.25, -0.2) is 4.79 Å². The minimum Gasteiger partial charge on any atom is -0.444 e. The summed E-state index contributed by atoms with van der Waals surface area (Å²) in [6.07, 6.45) is 1.47. The Hall–Kier alpha value is -2.19. The first-order valence-corrected chi connectivity index (χ1v) is 9.28. The van der Waals surface area contributed by atoms with Crippen molar-refractivity contribution in [2.75, 3.05) is 26.2 Å². The number of carbonyl (C=O) groups is 1. The average Bonchev–Trinajstić information content (AvgIpc) is 3.09. The zero-order valence-electron chi connectivity index (χ0n) is 16.3. The van der Waals surface area contributed by atoms with Crippen LogP contribution in [0.5, 0.6) is 0 Å². The van der Waals surface area contributed by atoms with Gasteiger partial charge in [-0.2, -0.15) is 0 Å². The zero-order chi connectivity index (χ0) is 19.9. The molecule has 0 bridgehead atoms. The van der Waals surface area contributed by atoms with Crippen molar-refractivity contribution in [2.45, 2.75) is 51.9 Å². The fourth-order valence-electron chi connectivity index (χ4n) is 2.83. The molecule has 1 unspecified atom stereocenters. The molecule has 0 aliphatic carbocycles. The molecule has 1 N–H and O–H groups in total. The SMILES string of the molecule is CC(C)(C)OC(=O)N(CCCOC1CCNC1)Cc1cccc([N+](=O)[O-])c1. The predicted molar refractivity (Wildman–Crippen MR) is 102 cm³/mol. The highest BCUT2D eigenvalue weighted by atomic mass is 16.6.